The van der Waals surface area contributed by atoms with Crippen LogP contribution in [-0.2, 0) is 4.74 Å². The molecule has 0 aromatic carbocycles. The Morgan fingerprint density at radius 2 is 2.18 bits per heavy atom. The molecule has 2 heterocycles. The van der Waals surface area contributed by atoms with Crippen LogP contribution >= 0.6 is 0 Å². The Bertz CT molecular complexity index is 132. The summed E-state index contributed by atoms with van der Waals surface area (Å²) in [6.07, 6.45) is 5.83. The minimum Gasteiger partial charge on any atom is -0.377 e. The van der Waals surface area contributed by atoms with Crippen LogP contribution in [0.3, 0.4) is 0 Å². The van der Waals surface area contributed by atoms with E-state index in [1.54, 1.807) is 0 Å². The predicted molar refractivity (Wildman–Crippen MR) is 44.6 cm³/mol. The molecule has 0 radical (unpaired) electrons. The molecule has 0 N–H and O–H groups in total. The van der Waals surface area contributed by atoms with Crippen molar-refractivity contribution in [2.75, 3.05) is 20.2 Å². The molecule has 0 aromatic heterocycles. The van der Waals surface area contributed by atoms with E-state index in [0.717, 1.165) is 12.6 Å². The van der Waals surface area contributed by atoms with Crippen molar-refractivity contribution in [2.45, 2.75) is 37.8 Å². The van der Waals surface area contributed by atoms with E-state index in [1.807, 2.05) is 0 Å². The summed E-state index contributed by atoms with van der Waals surface area (Å²) in [5.74, 6) is 0. The number of nitrogens with zero attached hydrogens (tertiary/aromatic N) is 1. The van der Waals surface area contributed by atoms with Gasteiger partial charge in [0.1, 0.15) is 0 Å². The average Bonchev–Trinajstić information content (AvgIpc) is 2.55. The summed E-state index contributed by atoms with van der Waals surface area (Å²) >= 11 is 0. The largest absolute Gasteiger partial charge is 0.377 e. The number of hydrogen-bond acceptors (Lipinski definition) is 2. The first kappa shape index (κ1) is 7.56. The first-order valence-corrected chi connectivity index (χ1v) is 4.70. The van der Waals surface area contributed by atoms with E-state index >= 15 is 0 Å². The summed E-state index contributed by atoms with van der Waals surface area (Å²) in [6.45, 7) is 2.26. The van der Waals surface area contributed by atoms with Gasteiger partial charge in [-0.15, -0.1) is 0 Å². The van der Waals surface area contributed by atoms with Crippen molar-refractivity contribution in [1.82, 2.24) is 4.90 Å². The maximum Gasteiger partial charge on any atom is 0.0730 e. The van der Waals surface area contributed by atoms with Gasteiger partial charge in [-0.05, 0) is 39.3 Å². The quantitative estimate of drug-likeness (QED) is 0.565. The number of hydrogen-bond donors (Lipinski definition) is 0. The molecule has 64 valence electrons. The smallest absolute Gasteiger partial charge is 0.0730 e. The molecule has 0 spiro atoms. The summed E-state index contributed by atoms with van der Waals surface area (Å²) in [7, 11) is 2.22. The monoisotopic (exact) mass is 155 g/mol. The van der Waals surface area contributed by atoms with Crippen LogP contribution in [0.4, 0.5) is 0 Å². The van der Waals surface area contributed by atoms with Gasteiger partial charge in [0.05, 0.1) is 6.10 Å². The van der Waals surface area contributed by atoms with E-state index in [9.17, 15) is 0 Å². The van der Waals surface area contributed by atoms with Crippen LogP contribution in [0.5, 0.6) is 0 Å². The molecule has 2 aliphatic rings. The summed E-state index contributed by atoms with van der Waals surface area (Å²) in [5, 5.41) is 0. The highest BCUT2D eigenvalue weighted by Gasteiger charge is 2.31. The molecule has 2 unspecified atom stereocenters. The number of ether oxygens (including phenoxy) is 1. The van der Waals surface area contributed by atoms with Crippen LogP contribution < -0.4 is 0 Å². The standard InChI is InChI=1S/C9H17NO/c1-10-6-2-4-8(10)9-5-3-7-11-9/h8-9H,2-7H2,1H3. The molecule has 2 heteroatoms. The molecule has 2 atom stereocenters. The van der Waals surface area contributed by atoms with Crippen molar-refractivity contribution < 1.29 is 4.74 Å². The fourth-order valence-electron chi connectivity index (χ4n) is 2.31. The van der Waals surface area contributed by atoms with Crippen LogP contribution in [-0.4, -0.2) is 37.2 Å². The summed E-state index contributed by atoms with van der Waals surface area (Å²) in [4.78, 5) is 2.45. The minimum absolute atomic E-state index is 0.558. The first-order valence-electron chi connectivity index (χ1n) is 4.70. The van der Waals surface area contributed by atoms with Crippen molar-refractivity contribution in [1.29, 1.82) is 0 Å². The Kier molecular flexibility index (Phi) is 2.14. The fraction of sp³-hybridized carbons (Fsp3) is 1.00. The Labute approximate surface area is 68.5 Å². The lowest BCUT2D eigenvalue weighted by Crippen LogP contribution is -2.35. The summed E-state index contributed by atoms with van der Waals surface area (Å²) < 4.78 is 5.67. The van der Waals surface area contributed by atoms with Crippen molar-refractivity contribution in [3.8, 4) is 0 Å². The second-order valence-corrected chi connectivity index (χ2v) is 3.74. The van der Waals surface area contributed by atoms with Crippen LogP contribution in [0.25, 0.3) is 0 Å². The second kappa shape index (κ2) is 3.11. The topological polar surface area (TPSA) is 12.5 Å². The highest BCUT2D eigenvalue weighted by molar-refractivity contribution is 4.85. The highest BCUT2D eigenvalue weighted by atomic mass is 16.5. The maximum atomic E-state index is 5.67. The van der Waals surface area contributed by atoms with Gasteiger partial charge in [-0.25, -0.2) is 0 Å². The van der Waals surface area contributed by atoms with E-state index in [0.29, 0.717) is 6.10 Å². The van der Waals surface area contributed by atoms with Gasteiger partial charge in [-0.3, -0.25) is 0 Å². The summed E-state index contributed by atoms with van der Waals surface area (Å²) in [5.41, 5.74) is 0. The third-order valence-corrected chi connectivity index (χ3v) is 2.97. The molecule has 2 fully saturated rings. The number of likely N-dealkylation sites (N-methyl/N-ethyl adjacent to an activating group) is 1. The van der Waals surface area contributed by atoms with E-state index < -0.39 is 0 Å². The third-order valence-electron chi connectivity index (χ3n) is 2.97. The molecular formula is C9H17NO. The lowest BCUT2D eigenvalue weighted by molar-refractivity contribution is 0.0502. The zero-order chi connectivity index (χ0) is 7.68. The van der Waals surface area contributed by atoms with Gasteiger partial charge < -0.3 is 9.64 Å². The molecule has 2 saturated heterocycles. The Hall–Kier alpha value is -0.0800. The van der Waals surface area contributed by atoms with Gasteiger partial charge in [0, 0.05) is 12.6 Å². The maximum absolute atomic E-state index is 5.67. The first-order chi connectivity index (χ1) is 5.38. The van der Waals surface area contributed by atoms with Crippen molar-refractivity contribution in [2.24, 2.45) is 0 Å². The lowest BCUT2D eigenvalue weighted by Gasteiger charge is -2.24. The van der Waals surface area contributed by atoms with E-state index in [4.69, 9.17) is 4.74 Å². The molecule has 2 aliphatic heterocycles. The Balaban J connectivity index is 1.92. The zero-order valence-corrected chi connectivity index (χ0v) is 7.25. The normalized spacial score (nSPS) is 40.1. The Morgan fingerprint density at radius 3 is 2.73 bits per heavy atom. The minimum atomic E-state index is 0.558. The molecule has 0 saturated carbocycles. The van der Waals surface area contributed by atoms with E-state index in [1.165, 1.54) is 32.2 Å². The van der Waals surface area contributed by atoms with Gasteiger partial charge in [0.2, 0.25) is 0 Å². The molecular weight excluding hydrogens is 138 g/mol. The highest BCUT2D eigenvalue weighted by Crippen LogP contribution is 2.26. The molecule has 2 nitrogen and oxygen atoms in total. The average molecular weight is 155 g/mol. The summed E-state index contributed by atoms with van der Waals surface area (Å²) in [6, 6.07) is 0.734. The van der Waals surface area contributed by atoms with Crippen LogP contribution in [0.2, 0.25) is 0 Å². The van der Waals surface area contributed by atoms with Crippen molar-refractivity contribution >= 4 is 0 Å². The van der Waals surface area contributed by atoms with Crippen LogP contribution in [0.15, 0.2) is 0 Å². The van der Waals surface area contributed by atoms with Gasteiger partial charge in [0.15, 0.2) is 0 Å². The molecule has 0 aliphatic carbocycles. The predicted octanol–water partition coefficient (Wildman–Crippen LogP) is 1.26. The van der Waals surface area contributed by atoms with Gasteiger partial charge in [0.25, 0.3) is 0 Å². The van der Waals surface area contributed by atoms with Gasteiger partial charge in [-0.1, -0.05) is 0 Å². The SMILES string of the molecule is CN1CCCC1C1CCCO1. The van der Waals surface area contributed by atoms with Gasteiger partial charge in [-0.2, -0.15) is 0 Å². The van der Waals surface area contributed by atoms with E-state index in [2.05, 4.69) is 11.9 Å². The van der Waals surface area contributed by atoms with Crippen molar-refractivity contribution in [3.63, 3.8) is 0 Å². The van der Waals surface area contributed by atoms with Crippen LogP contribution in [0.1, 0.15) is 25.7 Å². The van der Waals surface area contributed by atoms with Crippen molar-refractivity contribution in [3.05, 3.63) is 0 Å². The number of likely N-dealkylation sites (tertiary alicyclic amines) is 1. The van der Waals surface area contributed by atoms with Gasteiger partial charge >= 0.3 is 0 Å². The molecule has 2 rings (SSSR count). The molecule has 0 bridgehead atoms. The fourth-order valence-corrected chi connectivity index (χ4v) is 2.31. The molecule has 0 amide bonds. The number of rotatable bonds is 1. The second-order valence-electron chi connectivity index (χ2n) is 3.74. The molecule has 0 aromatic rings. The third kappa shape index (κ3) is 1.42. The Morgan fingerprint density at radius 1 is 1.27 bits per heavy atom. The molecule has 11 heavy (non-hydrogen) atoms. The lowest BCUT2D eigenvalue weighted by atomic mass is 10.1. The van der Waals surface area contributed by atoms with E-state index in [-0.39, 0.29) is 0 Å². The zero-order valence-electron chi connectivity index (χ0n) is 7.25. The van der Waals surface area contributed by atoms with Crippen LogP contribution in [0, 0.1) is 0 Å².